The number of carbonyl (C=O) groups excluding carboxylic acids is 2. The van der Waals surface area contributed by atoms with Crippen LogP contribution in [-0.2, 0) is 16.1 Å². The number of hydrogen-bond acceptors (Lipinski definition) is 3. The summed E-state index contributed by atoms with van der Waals surface area (Å²) >= 11 is 1.76. The maximum absolute atomic E-state index is 13.3. The van der Waals surface area contributed by atoms with Crippen LogP contribution in [0.3, 0.4) is 0 Å². The molecule has 0 radical (unpaired) electrons. The molecule has 1 N–H and O–H groups in total. The van der Waals surface area contributed by atoms with Crippen molar-refractivity contribution < 1.29 is 14.0 Å². The molecule has 0 spiro atoms. The van der Waals surface area contributed by atoms with Gasteiger partial charge in [0.1, 0.15) is 5.82 Å². The number of hydrogen-bond donors (Lipinski definition) is 1. The number of likely N-dealkylation sites (tertiary alicyclic amines) is 1. The first-order valence-electron chi connectivity index (χ1n) is 7.89. The van der Waals surface area contributed by atoms with Gasteiger partial charge in [0.2, 0.25) is 11.8 Å². The van der Waals surface area contributed by atoms with E-state index in [1.807, 2.05) is 6.26 Å². The Morgan fingerprint density at radius 3 is 3.04 bits per heavy atom. The second-order valence-corrected chi connectivity index (χ2v) is 6.76. The maximum Gasteiger partial charge on any atom is 0.224 e. The predicted octanol–water partition coefficient (Wildman–Crippen LogP) is 2.43. The van der Waals surface area contributed by atoms with E-state index in [4.69, 9.17) is 0 Å². The molecule has 0 unspecified atom stereocenters. The number of carbonyl (C=O) groups is 2. The van der Waals surface area contributed by atoms with Crippen LogP contribution in [0.1, 0.15) is 24.8 Å². The minimum Gasteiger partial charge on any atom is -0.356 e. The Morgan fingerprint density at radius 1 is 1.48 bits per heavy atom. The summed E-state index contributed by atoms with van der Waals surface area (Å²) in [6, 6.07) is 6.24. The fraction of sp³-hybridized carbons (Fsp3) is 0.529. The topological polar surface area (TPSA) is 49.4 Å². The van der Waals surface area contributed by atoms with Crippen LogP contribution in [0.5, 0.6) is 0 Å². The van der Waals surface area contributed by atoms with Crippen LogP contribution in [0.25, 0.3) is 0 Å². The van der Waals surface area contributed by atoms with Crippen LogP contribution < -0.4 is 5.32 Å². The summed E-state index contributed by atoms with van der Waals surface area (Å²) in [5, 5.41) is 2.95. The number of rotatable bonds is 7. The van der Waals surface area contributed by atoms with Gasteiger partial charge in [0, 0.05) is 26.1 Å². The van der Waals surface area contributed by atoms with Crippen molar-refractivity contribution in [3.05, 3.63) is 35.6 Å². The molecule has 2 rings (SSSR count). The second kappa shape index (κ2) is 8.91. The fourth-order valence-electron chi connectivity index (χ4n) is 2.71. The highest BCUT2D eigenvalue weighted by Gasteiger charge is 2.30. The average molecular weight is 338 g/mol. The molecule has 1 atom stereocenters. The lowest BCUT2D eigenvalue weighted by Crippen LogP contribution is -2.45. The van der Waals surface area contributed by atoms with Crippen LogP contribution >= 0.6 is 11.8 Å². The van der Waals surface area contributed by atoms with Crippen LogP contribution in [0.4, 0.5) is 4.39 Å². The molecule has 0 saturated carbocycles. The van der Waals surface area contributed by atoms with Gasteiger partial charge in [0.15, 0.2) is 0 Å². The summed E-state index contributed by atoms with van der Waals surface area (Å²) in [4.78, 5) is 25.9. The van der Waals surface area contributed by atoms with E-state index in [1.165, 1.54) is 12.1 Å². The van der Waals surface area contributed by atoms with E-state index in [-0.39, 0.29) is 23.5 Å². The molecule has 0 aliphatic carbocycles. The van der Waals surface area contributed by atoms with Crippen molar-refractivity contribution in [3.63, 3.8) is 0 Å². The number of piperidine rings is 1. The summed E-state index contributed by atoms with van der Waals surface area (Å²) < 4.78 is 13.3. The highest BCUT2D eigenvalue weighted by molar-refractivity contribution is 7.98. The molecule has 1 aromatic rings. The first-order valence-corrected chi connectivity index (χ1v) is 9.28. The highest BCUT2D eigenvalue weighted by Crippen LogP contribution is 2.20. The lowest BCUT2D eigenvalue weighted by atomic mass is 9.96. The Bertz CT molecular complexity index is 553. The van der Waals surface area contributed by atoms with Gasteiger partial charge in [-0.05, 0) is 42.5 Å². The molecule has 1 heterocycles. The van der Waals surface area contributed by atoms with Crippen LogP contribution in [0.2, 0.25) is 0 Å². The largest absolute Gasteiger partial charge is 0.356 e. The molecule has 0 bridgehead atoms. The number of amides is 2. The quantitative estimate of drug-likeness (QED) is 0.777. The monoisotopic (exact) mass is 338 g/mol. The minimum atomic E-state index is -0.310. The van der Waals surface area contributed by atoms with Gasteiger partial charge in [-0.3, -0.25) is 9.59 Å². The van der Waals surface area contributed by atoms with Crippen LogP contribution in [0.15, 0.2) is 24.3 Å². The number of thioether (sulfide) groups is 1. The molecule has 1 saturated heterocycles. The molecular formula is C17H23FN2O2S. The van der Waals surface area contributed by atoms with E-state index < -0.39 is 0 Å². The number of nitrogens with one attached hydrogen (secondary N) is 1. The van der Waals surface area contributed by atoms with E-state index in [0.717, 1.165) is 17.7 Å². The third-order valence-corrected chi connectivity index (χ3v) is 4.65. The maximum atomic E-state index is 13.3. The zero-order valence-corrected chi connectivity index (χ0v) is 14.2. The molecule has 126 valence electrons. The van der Waals surface area contributed by atoms with Crippen LogP contribution in [0, 0.1) is 11.7 Å². The Labute approximate surface area is 140 Å². The highest BCUT2D eigenvalue weighted by atomic mass is 32.2. The van der Waals surface area contributed by atoms with Gasteiger partial charge >= 0.3 is 0 Å². The average Bonchev–Trinajstić information content (AvgIpc) is 2.53. The van der Waals surface area contributed by atoms with E-state index in [1.54, 1.807) is 28.8 Å². The van der Waals surface area contributed by atoms with E-state index in [0.29, 0.717) is 32.5 Å². The normalized spacial score (nSPS) is 18.1. The molecule has 2 amide bonds. The molecular weight excluding hydrogens is 315 g/mol. The molecule has 6 heteroatoms. The van der Waals surface area contributed by atoms with Crippen molar-refractivity contribution in [2.75, 3.05) is 25.1 Å². The number of benzene rings is 1. The van der Waals surface area contributed by atoms with Gasteiger partial charge in [0.25, 0.3) is 0 Å². The third kappa shape index (κ3) is 5.53. The van der Waals surface area contributed by atoms with E-state index in [2.05, 4.69) is 5.32 Å². The SMILES string of the molecule is CSCCCNC(=O)[C@H]1CCC(=O)N(Cc2cccc(F)c2)C1. The minimum absolute atomic E-state index is 0.0165. The van der Waals surface area contributed by atoms with Gasteiger partial charge in [-0.1, -0.05) is 12.1 Å². The number of nitrogens with zero attached hydrogens (tertiary/aromatic N) is 1. The zero-order chi connectivity index (χ0) is 16.7. The number of halogens is 1. The Kier molecular flexibility index (Phi) is 6.89. The van der Waals surface area contributed by atoms with Crippen molar-refractivity contribution in [2.45, 2.75) is 25.8 Å². The van der Waals surface area contributed by atoms with Crippen molar-refractivity contribution >= 4 is 23.6 Å². The predicted molar refractivity (Wildman–Crippen MR) is 90.5 cm³/mol. The Balaban J connectivity index is 1.88. The van der Waals surface area contributed by atoms with Crippen molar-refractivity contribution in [1.82, 2.24) is 10.2 Å². The van der Waals surface area contributed by atoms with Gasteiger partial charge in [0.05, 0.1) is 5.92 Å². The summed E-state index contributed by atoms with van der Waals surface area (Å²) in [5.74, 6) is 0.587. The van der Waals surface area contributed by atoms with Crippen molar-refractivity contribution in [3.8, 4) is 0 Å². The lowest BCUT2D eigenvalue weighted by Gasteiger charge is -2.32. The molecule has 1 aliphatic heterocycles. The molecule has 1 aromatic carbocycles. The fourth-order valence-corrected chi connectivity index (χ4v) is 3.14. The first kappa shape index (κ1) is 17.8. The van der Waals surface area contributed by atoms with Gasteiger partial charge in [-0.2, -0.15) is 11.8 Å². The van der Waals surface area contributed by atoms with Gasteiger partial charge in [-0.25, -0.2) is 4.39 Å². The lowest BCUT2D eigenvalue weighted by molar-refractivity contribution is -0.138. The molecule has 1 fully saturated rings. The van der Waals surface area contributed by atoms with Gasteiger partial charge < -0.3 is 10.2 Å². The zero-order valence-electron chi connectivity index (χ0n) is 13.4. The standard InChI is InChI=1S/C17H23FN2O2S/c1-23-9-3-8-19-17(22)14-6-7-16(21)20(12-14)11-13-4-2-5-15(18)10-13/h2,4-5,10,14H,3,6-9,11-12H2,1H3,(H,19,22)/t14-/m0/s1. The summed E-state index contributed by atoms with van der Waals surface area (Å²) in [6.45, 7) is 1.44. The smallest absolute Gasteiger partial charge is 0.224 e. The third-order valence-electron chi connectivity index (χ3n) is 3.96. The van der Waals surface area contributed by atoms with E-state index >= 15 is 0 Å². The Hall–Kier alpha value is -1.56. The first-order chi connectivity index (χ1) is 11.1. The molecule has 1 aliphatic rings. The molecule has 4 nitrogen and oxygen atoms in total. The molecule has 23 heavy (non-hydrogen) atoms. The summed E-state index contributed by atoms with van der Waals surface area (Å²) in [7, 11) is 0. The summed E-state index contributed by atoms with van der Waals surface area (Å²) in [5.41, 5.74) is 0.749. The Morgan fingerprint density at radius 2 is 2.30 bits per heavy atom. The van der Waals surface area contributed by atoms with Crippen molar-refractivity contribution in [1.29, 1.82) is 0 Å². The second-order valence-electron chi connectivity index (χ2n) is 5.78. The van der Waals surface area contributed by atoms with E-state index in [9.17, 15) is 14.0 Å². The molecule has 0 aromatic heterocycles. The summed E-state index contributed by atoms with van der Waals surface area (Å²) in [6.07, 6.45) is 3.95. The van der Waals surface area contributed by atoms with Gasteiger partial charge in [-0.15, -0.1) is 0 Å². The van der Waals surface area contributed by atoms with Crippen molar-refractivity contribution in [2.24, 2.45) is 5.92 Å². The van der Waals surface area contributed by atoms with Crippen LogP contribution in [-0.4, -0.2) is 41.8 Å².